The van der Waals surface area contributed by atoms with Gasteiger partial charge in [-0.2, -0.15) is 0 Å². The monoisotopic (exact) mass is 341 g/mol. The van der Waals surface area contributed by atoms with Gasteiger partial charge in [0, 0.05) is 18.2 Å². The summed E-state index contributed by atoms with van der Waals surface area (Å²) in [5, 5.41) is 3.68. The van der Waals surface area contributed by atoms with Gasteiger partial charge in [0.25, 0.3) is 0 Å². The Bertz CT molecular complexity index is 727. The first kappa shape index (κ1) is 17.6. The lowest BCUT2D eigenvalue weighted by Gasteiger charge is -2.26. The summed E-state index contributed by atoms with van der Waals surface area (Å²) in [7, 11) is 1.72. The Labute approximate surface area is 150 Å². The molecule has 4 heteroatoms. The third-order valence-corrected chi connectivity index (χ3v) is 4.54. The molecule has 2 aromatic rings. The van der Waals surface area contributed by atoms with E-state index < -0.39 is 0 Å². The number of fused-ring (bicyclic) bond motifs is 1. The minimum absolute atomic E-state index is 0.223. The van der Waals surface area contributed by atoms with Gasteiger partial charge in [-0.05, 0) is 36.6 Å². The number of benzene rings is 2. The number of hydrogen-bond donors (Lipinski definition) is 1. The molecule has 1 aliphatic heterocycles. The largest absolute Gasteiger partial charge is 0.496 e. The van der Waals surface area contributed by atoms with E-state index in [1.54, 1.807) is 7.11 Å². The molecule has 25 heavy (non-hydrogen) atoms. The van der Waals surface area contributed by atoms with Gasteiger partial charge in [0.05, 0.1) is 7.11 Å². The predicted molar refractivity (Wildman–Crippen MR) is 99.6 cm³/mol. The molecule has 0 aromatic heterocycles. The Morgan fingerprint density at radius 2 is 1.80 bits per heavy atom. The van der Waals surface area contributed by atoms with Gasteiger partial charge in [-0.1, -0.05) is 37.6 Å². The molecule has 1 heterocycles. The fourth-order valence-corrected chi connectivity index (χ4v) is 3.26. The van der Waals surface area contributed by atoms with Crippen molar-refractivity contribution >= 4 is 0 Å². The van der Waals surface area contributed by atoms with Crippen LogP contribution in [0.15, 0.2) is 36.4 Å². The van der Waals surface area contributed by atoms with Gasteiger partial charge < -0.3 is 19.5 Å². The lowest BCUT2D eigenvalue weighted by molar-refractivity contribution is 0.171. The molecule has 1 N–H and O–H groups in total. The van der Waals surface area contributed by atoms with Crippen molar-refractivity contribution in [3.05, 3.63) is 53.1 Å². The van der Waals surface area contributed by atoms with Crippen LogP contribution in [0.4, 0.5) is 0 Å². The van der Waals surface area contributed by atoms with Crippen LogP contribution in [0.5, 0.6) is 17.2 Å². The number of rotatable bonds is 6. The van der Waals surface area contributed by atoms with Crippen molar-refractivity contribution in [3.63, 3.8) is 0 Å². The standard InChI is InChI=1S/C21H27NO3/c1-14(2)21(16-6-8-19-20(12-16)25-10-9-24-19)22-13-17-11-15(3)5-7-18(17)23-4/h5-8,11-12,14,21-22H,9-10,13H2,1-4H3. The van der Waals surface area contributed by atoms with Crippen molar-refractivity contribution in [1.82, 2.24) is 5.32 Å². The Kier molecular flexibility index (Phi) is 5.49. The van der Waals surface area contributed by atoms with Gasteiger partial charge in [-0.15, -0.1) is 0 Å². The van der Waals surface area contributed by atoms with Crippen molar-refractivity contribution in [3.8, 4) is 17.2 Å². The zero-order valence-electron chi connectivity index (χ0n) is 15.5. The molecule has 134 valence electrons. The van der Waals surface area contributed by atoms with E-state index >= 15 is 0 Å². The molecular formula is C21H27NO3. The lowest BCUT2D eigenvalue weighted by Crippen LogP contribution is -2.26. The first-order valence-corrected chi connectivity index (χ1v) is 8.85. The average Bonchev–Trinajstić information content (AvgIpc) is 2.61. The molecule has 0 bridgehead atoms. The number of ether oxygens (including phenoxy) is 3. The van der Waals surface area contributed by atoms with Crippen molar-refractivity contribution in [2.24, 2.45) is 5.92 Å². The fourth-order valence-electron chi connectivity index (χ4n) is 3.26. The molecule has 3 rings (SSSR count). The van der Waals surface area contributed by atoms with E-state index in [0.29, 0.717) is 19.1 Å². The van der Waals surface area contributed by atoms with Crippen LogP contribution in [0.2, 0.25) is 0 Å². The quantitative estimate of drug-likeness (QED) is 0.852. The molecule has 0 saturated heterocycles. The molecule has 0 saturated carbocycles. The van der Waals surface area contributed by atoms with E-state index in [2.05, 4.69) is 50.4 Å². The second-order valence-electron chi connectivity index (χ2n) is 6.82. The predicted octanol–water partition coefficient (Wildman–Crippen LogP) is 4.26. The summed E-state index contributed by atoms with van der Waals surface area (Å²) in [4.78, 5) is 0. The Hall–Kier alpha value is -2.20. The highest BCUT2D eigenvalue weighted by Crippen LogP contribution is 2.34. The fraction of sp³-hybridized carbons (Fsp3) is 0.429. The Balaban J connectivity index is 1.79. The molecule has 1 atom stereocenters. The summed E-state index contributed by atoms with van der Waals surface area (Å²) < 4.78 is 16.9. The highest BCUT2D eigenvalue weighted by Gasteiger charge is 2.20. The third-order valence-electron chi connectivity index (χ3n) is 4.54. The average molecular weight is 341 g/mol. The zero-order chi connectivity index (χ0) is 17.8. The first-order chi connectivity index (χ1) is 12.1. The Morgan fingerprint density at radius 3 is 2.52 bits per heavy atom. The van der Waals surface area contributed by atoms with Crippen LogP contribution in [0.3, 0.4) is 0 Å². The number of methoxy groups -OCH3 is 1. The maximum atomic E-state index is 5.74. The summed E-state index contributed by atoms with van der Waals surface area (Å²) in [5.41, 5.74) is 3.62. The summed E-state index contributed by atoms with van der Waals surface area (Å²) >= 11 is 0. The molecule has 4 nitrogen and oxygen atoms in total. The first-order valence-electron chi connectivity index (χ1n) is 8.85. The summed E-state index contributed by atoms with van der Waals surface area (Å²) in [6.07, 6.45) is 0. The van der Waals surface area contributed by atoms with Crippen molar-refractivity contribution in [2.45, 2.75) is 33.4 Å². The van der Waals surface area contributed by atoms with Gasteiger partial charge >= 0.3 is 0 Å². The third kappa shape index (κ3) is 4.07. The van der Waals surface area contributed by atoms with E-state index in [1.807, 2.05) is 12.1 Å². The van der Waals surface area contributed by atoms with Gasteiger partial charge in [0.1, 0.15) is 19.0 Å². The minimum atomic E-state index is 0.223. The van der Waals surface area contributed by atoms with Gasteiger partial charge in [0.15, 0.2) is 11.5 Å². The normalized spacial score (nSPS) is 14.4. The molecule has 1 unspecified atom stereocenters. The Morgan fingerprint density at radius 1 is 1.04 bits per heavy atom. The van der Waals surface area contributed by atoms with Gasteiger partial charge in [0.2, 0.25) is 0 Å². The van der Waals surface area contributed by atoms with Gasteiger partial charge in [-0.25, -0.2) is 0 Å². The zero-order valence-corrected chi connectivity index (χ0v) is 15.5. The molecule has 0 amide bonds. The van der Waals surface area contributed by atoms with E-state index in [-0.39, 0.29) is 6.04 Å². The smallest absolute Gasteiger partial charge is 0.161 e. The topological polar surface area (TPSA) is 39.7 Å². The summed E-state index contributed by atoms with van der Waals surface area (Å²) in [6.45, 7) is 8.53. The van der Waals surface area contributed by atoms with Crippen LogP contribution >= 0.6 is 0 Å². The molecule has 0 aliphatic carbocycles. The maximum Gasteiger partial charge on any atom is 0.161 e. The second-order valence-corrected chi connectivity index (χ2v) is 6.82. The minimum Gasteiger partial charge on any atom is -0.496 e. The SMILES string of the molecule is COc1ccc(C)cc1CNC(c1ccc2c(c1)OCCO2)C(C)C. The highest BCUT2D eigenvalue weighted by atomic mass is 16.6. The van der Waals surface area contributed by atoms with Crippen LogP contribution in [-0.2, 0) is 6.54 Å². The van der Waals surface area contributed by atoms with Crippen LogP contribution in [0.1, 0.15) is 36.6 Å². The summed E-state index contributed by atoms with van der Waals surface area (Å²) in [5.74, 6) is 3.03. The molecule has 0 spiro atoms. The molecule has 0 fully saturated rings. The van der Waals surface area contributed by atoms with Crippen molar-refractivity contribution in [1.29, 1.82) is 0 Å². The van der Waals surface area contributed by atoms with E-state index in [9.17, 15) is 0 Å². The molecular weight excluding hydrogens is 314 g/mol. The van der Waals surface area contributed by atoms with Crippen molar-refractivity contribution < 1.29 is 14.2 Å². The second kappa shape index (κ2) is 7.79. The van der Waals surface area contributed by atoms with E-state index in [1.165, 1.54) is 16.7 Å². The number of aryl methyl sites for hydroxylation is 1. The van der Waals surface area contributed by atoms with Crippen LogP contribution in [0.25, 0.3) is 0 Å². The van der Waals surface area contributed by atoms with Crippen LogP contribution < -0.4 is 19.5 Å². The molecule has 2 aromatic carbocycles. The maximum absolute atomic E-state index is 5.74. The van der Waals surface area contributed by atoms with E-state index in [4.69, 9.17) is 14.2 Å². The molecule has 0 radical (unpaired) electrons. The van der Waals surface area contributed by atoms with Crippen LogP contribution in [0, 0.1) is 12.8 Å². The van der Waals surface area contributed by atoms with Crippen molar-refractivity contribution in [2.75, 3.05) is 20.3 Å². The highest BCUT2D eigenvalue weighted by molar-refractivity contribution is 5.45. The lowest BCUT2D eigenvalue weighted by atomic mass is 9.95. The molecule has 1 aliphatic rings. The number of nitrogens with one attached hydrogen (secondary N) is 1. The van der Waals surface area contributed by atoms with E-state index in [0.717, 1.165) is 23.8 Å². The van der Waals surface area contributed by atoms with Gasteiger partial charge in [-0.3, -0.25) is 0 Å². The number of hydrogen-bond acceptors (Lipinski definition) is 4. The summed E-state index contributed by atoms with van der Waals surface area (Å²) in [6, 6.07) is 12.7. The van der Waals surface area contributed by atoms with Crippen LogP contribution in [-0.4, -0.2) is 20.3 Å².